The van der Waals surface area contributed by atoms with Crippen molar-refractivity contribution in [1.82, 2.24) is 19.1 Å². The summed E-state index contributed by atoms with van der Waals surface area (Å²) in [4.78, 5) is 10.4. The highest BCUT2D eigenvalue weighted by Gasteiger charge is 2.32. The van der Waals surface area contributed by atoms with Crippen molar-refractivity contribution >= 4 is 43.6 Å². The van der Waals surface area contributed by atoms with Gasteiger partial charge in [-0.25, -0.2) is 9.97 Å². The summed E-state index contributed by atoms with van der Waals surface area (Å²) in [5, 5.41) is 4.14. The molecular weight excluding hydrogens is 798 g/mol. The maximum absolute atomic E-state index is 14.9. The van der Waals surface area contributed by atoms with E-state index in [1.807, 2.05) is 122 Å². The van der Waals surface area contributed by atoms with E-state index in [0.29, 0.717) is 17.1 Å². The molecular formula is C57H41F3N4. The molecule has 0 aliphatic carbocycles. The average Bonchev–Trinajstić information content (AvgIpc) is 3.79. The Kier molecular flexibility index (Phi) is 9.13. The third kappa shape index (κ3) is 6.63. The highest BCUT2D eigenvalue weighted by atomic mass is 19.4. The van der Waals surface area contributed by atoms with Crippen molar-refractivity contribution in [1.29, 1.82) is 0 Å². The number of benzene rings is 8. The van der Waals surface area contributed by atoms with Crippen LogP contribution in [0.3, 0.4) is 0 Å². The fourth-order valence-corrected chi connectivity index (χ4v) is 9.32. The molecule has 3 heterocycles. The Morgan fingerprint density at radius 2 is 0.766 bits per heavy atom. The molecule has 7 heteroatoms. The summed E-state index contributed by atoms with van der Waals surface area (Å²) in [6.45, 7) is 8.27. The van der Waals surface area contributed by atoms with Crippen LogP contribution in [-0.2, 0) is 6.18 Å². The van der Waals surface area contributed by atoms with Gasteiger partial charge in [0.05, 0.1) is 50.4 Å². The molecule has 4 nitrogen and oxygen atoms in total. The van der Waals surface area contributed by atoms with Crippen LogP contribution in [-0.4, -0.2) is 19.1 Å². The van der Waals surface area contributed by atoms with Crippen LogP contribution in [0.2, 0.25) is 0 Å². The number of hydrogen-bond donors (Lipinski definition) is 0. The highest BCUT2D eigenvalue weighted by Crippen LogP contribution is 2.44. The van der Waals surface area contributed by atoms with Crippen LogP contribution in [0.1, 0.15) is 27.8 Å². The van der Waals surface area contributed by atoms with E-state index in [4.69, 9.17) is 9.97 Å². The van der Waals surface area contributed by atoms with Gasteiger partial charge in [-0.15, -0.1) is 0 Å². The molecule has 0 amide bonds. The van der Waals surface area contributed by atoms with Crippen molar-refractivity contribution in [3.05, 3.63) is 204 Å². The zero-order valence-electron chi connectivity index (χ0n) is 35.7. The molecule has 0 spiro atoms. The SMILES string of the molecule is Cc1ccc2c(c1)c1cc(C)ccc1n2-c1cc(-c2nc(-c3ccccc3)cc(-c3ccccc3)n2)ccc1-c1ccc(C(F)(F)F)cc1-n1c2ccc(C)cc2c2cc(C)ccc21. The van der Waals surface area contributed by atoms with Gasteiger partial charge in [-0.2, -0.15) is 13.2 Å². The van der Waals surface area contributed by atoms with Gasteiger partial charge in [0.2, 0.25) is 0 Å². The molecule has 11 rings (SSSR count). The van der Waals surface area contributed by atoms with E-state index in [-0.39, 0.29) is 0 Å². The molecule has 0 unspecified atom stereocenters. The second-order valence-electron chi connectivity index (χ2n) is 16.9. The molecule has 0 bridgehead atoms. The van der Waals surface area contributed by atoms with Crippen LogP contribution in [0.15, 0.2) is 176 Å². The van der Waals surface area contributed by atoms with Crippen LogP contribution in [0, 0.1) is 27.7 Å². The largest absolute Gasteiger partial charge is 0.416 e. The van der Waals surface area contributed by atoms with E-state index in [1.165, 1.54) is 12.1 Å². The van der Waals surface area contributed by atoms with Gasteiger partial charge in [-0.3, -0.25) is 0 Å². The minimum absolute atomic E-state index is 0.428. The van der Waals surface area contributed by atoms with Crippen molar-refractivity contribution in [2.75, 3.05) is 0 Å². The summed E-state index contributed by atoms with van der Waals surface area (Å²) < 4.78 is 49.0. The number of hydrogen-bond acceptors (Lipinski definition) is 2. The summed E-state index contributed by atoms with van der Waals surface area (Å²) in [6, 6.07) is 57.7. The molecule has 0 atom stereocenters. The number of alkyl halides is 3. The first kappa shape index (κ1) is 39.1. The van der Waals surface area contributed by atoms with Crippen LogP contribution in [0.4, 0.5) is 13.2 Å². The minimum atomic E-state index is -4.58. The Bertz CT molecular complexity index is 3460. The smallest absolute Gasteiger partial charge is 0.309 e. The predicted molar refractivity (Wildman–Crippen MR) is 256 cm³/mol. The summed E-state index contributed by atoms with van der Waals surface area (Å²) >= 11 is 0. The first-order valence-electron chi connectivity index (χ1n) is 21.4. The van der Waals surface area contributed by atoms with Crippen LogP contribution >= 0.6 is 0 Å². The van der Waals surface area contributed by atoms with Crippen LogP contribution in [0.5, 0.6) is 0 Å². The average molecular weight is 839 g/mol. The maximum atomic E-state index is 14.9. The lowest BCUT2D eigenvalue weighted by molar-refractivity contribution is -0.137. The normalized spacial score (nSPS) is 12.0. The molecule has 0 aliphatic rings. The van der Waals surface area contributed by atoms with Crippen molar-refractivity contribution < 1.29 is 13.2 Å². The highest BCUT2D eigenvalue weighted by molar-refractivity contribution is 6.12. The van der Waals surface area contributed by atoms with E-state index in [2.05, 4.69) is 73.0 Å². The number of aryl methyl sites for hydroxylation is 4. The molecule has 0 saturated heterocycles. The van der Waals surface area contributed by atoms with Crippen LogP contribution in [0.25, 0.3) is 100 Å². The molecule has 0 radical (unpaired) electrons. The van der Waals surface area contributed by atoms with Gasteiger partial charge < -0.3 is 9.13 Å². The third-order valence-corrected chi connectivity index (χ3v) is 12.4. The number of halogens is 3. The monoisotopic (exact) mass is 838 g/mol. The summed E-state index contributed by atoms with van der Waals surface area (Å²) in [5.41, 5.74) is 14.1. The van der Waals surface area contributed by atoms with Crippen molar-refractivity contribution in [3.63, 3.8) is 0 Å². The lowest BCUT2D eigenvalue weighted by Crippen LogP contribution is -2.08. The fourth-order valence-electron chi connectivity index (χ4n) is 9.32. The topological polar surface area (TPSA) is 35.6 Å². The Balaban J connectivity index is 1.25. The number of rotatable bonds is 6. The molecule has 3 aromatic heterocycles. The van der Waals surface area contributed by atoms with Crippen molar-refractivity contribution in [2.24, 2.45) is 0 Å². The van der Waals surface area contributed by atoms with E-state index >= 15 is 0 Å². The minimum Gasteiger partial charge on any atom is -0.309 e. The number of aromatic nitrogens is 4. The lowest BCUT2D eigenvalue weighted by Gasteiger charge is -2.21. The Morgan fingerprint density at radius 3 is 1.17 bits per heavy atom. The number of fused-ring (bicyclic) bond motifs is 6. The molecule has 310 valence electrons. The van der Waals surface area contributed by atoms with Gasteiger partial charge >= 0.3 is 6.18 Å². The van der Waals surface area contributed by atoms with Gasteiger partial charge in [0.25, 0.3) is 0 Å². The quantitative estimate of drug-likeness (QED) is 0.167. The Morgan fingerprint density at radius 1 is 0.375 bits per heavy atom. The second-order valence-corrected chi connectivity index (χ2v) is 16.9. The van der Waals surface area contributed by atoms with E-state index in [1.54, 1.807) is 6.07 Å². The van der Waals surface area contributed by atoms with E-state index in [9.17, 15) is 13.2 Å². The van der Waals surface area contributed by atoms with Gasteiger partial charge in [-0.1, -0.05) is 125 Å². The Hall–Kier alpha value is -7.77. The molecule has 11 aromatic rings. The van der Waals surface area contributed by atoms with E-state index in [0.717, 1.165) is 105 Å². The standard InChI is InChI=1S/C57H41F3N4/c1-34-15-23-50-44(27-34)45-28-35(2)16-24-51(45)63(50)54-31-40(56-61-48(38-11-7-5-8-12-38)33-49(62-56)39-13-9-6-10-14-39)19-21-42(54)43-22-20-41(57(58,59)60)32-55(43)64-52-25-17-36(3)29-46(52)47-30-37(4)18-26-53(47)64/h5-33H,1-4H3. The lowest BCUT2D eigenvalue weighted by atomic mass is 9.96. The van der Waals surface area contributed by atoms with Gasteiger partial charge in [0.15, 0.2) is 5.82 Å². The van der Waals surface area contributed by atoms with E-state index < -0.39 is 11.7 Å². The zero-order valence-corrected chi connectivity index (χ0v) is 35.7. The van der Waals surface area contributed by atoms with Crippen LogP contribution < -0.4 is 0 Å². The molecule has 0 aliphatic heterocycles. The summed E-state index contributed by atoms with van der Waals surface area (Å²) in [7, 11) is 0. The first-order chi connectivity index (χ1) is 31.0. The second kappa shape index (κ2) is 15.0. The Labute approximate surface area is 368 Å². The third-order valence-electron chi connectivity index (χ3n) is 12.4. The summed E-state index contributed by atoms with van der Waals surface area (Å²) in [5.74, 6) is 0.529. The molecule has 0 fully saturated rings. The van der Waals surface area contributed by atoms with Gasteiger partial charge in [0, 0.05) is 49.4 Å². The van der Waals surface area contributed by atoms with Crippen molar-refractivity contribution in [3.8, 4) is 56.4 Å². The van der Waals surface area contributed by atoms with Crippen molar-refractivity contribution in [2.45, 2.75) is 33.9 Å². The number of nitrogens with zero attached hydrogens (tertiary/aromatic N) is 4. The molecule has 0 saturated carbocycles. The predicted octanol–water partition coefficient (Wildman–Crippen LogP) is 15.6. The fraction of sp³-hybridized carbons (Fsp3) is 0.0877. The summed E-state index contributed by atoms with van der Waals surface area (Å²) in [6.07, 6.45) is -4.58. The zero-order chi connectivity index (χ0) is 43.9. The molecule has 64 heavy (non-hydrogen) atoms. The first-order valence-corrected chi connectivity index (χ1v) is 21.4. The maximum Gasteiger partial charge on any atom is 0.416 e. The molecule has 8 aromatic carbocycles. The van der Waals surface area contributed by atoms with Gasteiger partial charge in [0.1, 0.15) is 0 Å². The van der Waals surface area contributed by atoms with Gasteiger partial charge in [-0.05, 0) is 100 Å². The molecule has 0 N–H and O–H groups in total.